The molecule has 3 heteroatoms. The standard InChI is InChI=1S/C21H35N3/c1-4-21(5-1)7-3-18(23-21)24-14-20(15-24)6-2-16(10-20)17-11-19(12-17)8-9-22-13-19/h16-18,22-23H,1-15H2. The smallest absolute Gasteiger partial charge is 0.0602 e. The molecule has 6 rings (SSSR count). The lowest BCUT2D eigenvalue weighted by molar-refractivity contribution is -0.0468. The van der Waals surface area contributed by atoms with Crippen molar-refractivity contribution < 1.29 is 0 Å². The van der Waals surface area contributed by atoms with Gasteiger partial charge in [-0.1, -0.05) is 0 Å². The minimum atomic E-state index is 0.585. The summed E-state index contributed by atoms with van der Waals surface area (Å²) in [5, 5.41) is 7.62. The van der Waals surface area contributed by atoms with Crippen molar-refractivity contribution in [3.05, 3.63) is 0 Å². The minimum absolute atomic E-state index is 0.585. The second-order valence-corrected chi connectivity index (χ2v) is 10.8. The van der Waals surface area contributed by atoms with Crippen LogP contribution >= 0.6 is 0 Å². The molecule has 2 N–H and O–H groups in total. The van der Waals surface area contributed by atoms with Gasteiger partial charge in [0.1, 0.15) is 0 Å². The molecule has 0 radical (unpaired) electrons. The second kappa shape index (κ2) is 4.98. The number of rotatable bonds is 2. The Hall–Kier alpha value is -0.120. The molecule has 0 amide bonds. The van der Waals surface area contributed by atoms with Crippen LogP contribution in [0.25, 0.3) is 0 Å². The second-order valence-electron chi connectivity index (χ2n) is 10.8. The Morgan fingerprint density at radius 2 is 1.62 bits per heavy atom. The highest BCUT2D eigenvalue weighted by molar-refractivity contribution is 5.10. The van der Waals surface area contributed by atoms with Gasteiger partial charge in [-0.25, -0.2) is 0 Å². The summed E-state index contributed by atoms with van der Waals surface area (Å²) in [6.45, 7) is 5.43. The monoisotopic (exact) mass is 329 g/mol. The van der Waals surface area contributed by atoms with Crippen molar-refractivity contribution >= 4 is 0 Å². The zero-order valence-corrected chi connectivity index (χ0v) is 15.3. The van der Waals surface area contributed by atoms with E-state index in [1.165, 1.54) is 71.1 Å². The fourth-order valence-electron chi connectivity index (χ4n) is 7.69. The molecule has 2 atom stereocenters. The van der Waals surface area contributed by atoms with Gasteiger partial charge in [0.2, 0.25) is 0 Å². The maximum absolute atomic E-state index is 4.02. The molecule has 3 aliphatic carbocycles. The molecule has 3 saturated carbocycles. The third-order valence-electron chi connectivity index (χ3n) is 9.33. The number of hydrogen-bond donors (Lipinski definition) is 2. The number of nitrogens with zero attached hydrogens (tertiary/aromatic N) is 1. The van der Waals surface area contributed by atoms with Gasteiger partial charge in [-0.3, -0.25) is 10.2 Å². The highest BCUT2D eigenvalue weighted by atomic mass is 15.4. The molecule has 0 aromatic carbocycles. The molecule has 6 fully saturated rings. The lowest BCUT2D eigenvalue weighted by atomic mass is 9.57. The predicted molar refractivity (Wildman–Crippen MR) is 96.7 cm³/mol. The molecule has 3 nitrogen and oxygen atoms in total. The van der Waals surface area contributed by atoms with Gasteiger partial charge in [0, 0.05) is 25.2 Å². The van der Waals surface area contributed by atoms with E-state index in [9.17, 15) is 0 Å². The normalized spacial score (nSPS) is 48.8. The lowest BCUT2D eigenvalue weighted by Gasteiger charge is -2.53. The van der Waals surface area contributed by atoms with E-state index in [2.05, 4.69) is 15.5 Å². The fraction of sp³-hybridized carbons (Fsp3) is 1.00. The van der Waals surface area contributed by atoms with E-state index in [4.69, 9.17) is 0 Å². The fourth-order valence-corrected chi connectivity index (χ4v) is 7.69. The van der Waals surface area contributed by atoms with E-state index in [0.717, 1.165) is 28.8 Å². The van der Waals surface area contributed by atoms with Crippen LogP contribution in [-0.2, 0) is 0 Å². The Morgan fingerprint density at radius 1 is 0.792 bits per heavy atom. The Morgan fingerprint density at radius 3 is 2.29 bits per heavy atom. The van der Waals surface area contributed by atoms with Gasteiger partial charge >= 0.3 is 0 Å². The third kappa shape index (κ3) is 2.13. The van der Waals surface area contributed by atoms with Crippen molar-refractivity contribution in [1.82, 2.24) is 15.5 Å². The van der Waals surface area contributed by atoms with Crippen molar-refractivity contribution in [3.63, 3.8) is 0 Å². The predicted octanol–water partition coefficient (Wildman–Crippen LogP) is 3.11. The molecule has 3 aliphatic heterocycles. The minimum Gasteiger partial charge on any atom is -0.316 e. The van der Waals surface area contributed by atoms with Gasteiger partial charge in [0.15, 0.2) is 0 Å². The van der Waals surface area contributed by atoms with E-state index in [1.807, 2.05) is 0 Å². The average Bonchev–Trinajstić information content (AvgIpc) is 3.20. The SMILES string of the molecule is C1CC2(C1)CCC(N1CC3(CCC(C4CC5(CCNC5)C4)C3)C1)N2. The van der Waals surface area contributed by atoms with Gasteiger partial charge in [-0.05, 0) is 99.8 Å². The third-order valence-corrected chi connectivity index (χ3v) is 9.33. The number of nitrogens with one attached hydrogen (secondary N) is 2. The maximum atomic E-state index is 4.02. The van der Waals surface area contributed by atoms with E-state index in [1.54, 1.807) is 25.7 Å². The summed E-state index contributed by atoms with van der Waals surface area (Å²) in [6.07, 6.45) is 17.2. The van der Waals surface area contributed by atoms with Crippen LogP contribution < -0.4 is 10.6 Å². The van der Waals surface area contributed by atoms with Crippen LogP contribution in [0.15, 0.2) is 0 Å². The summed E-state index contributed by atoms with van der Waals surface area (Å²) in [6, 6.07) is 0. The number of hydrogen-bond acceptors (Lipinski definition) is 3. The molecule has 0 aromatic heterocycles. The lowest BCUT2D eigenvalue weighted by Crippen LogP contribution is -2.63. The summed E-state index contributed by atoms with van der Waals surface area (Å²) in [4.78, 5) is 2.80. The van der Waals surface area contributed by atoms with E-state index in [-0.39, 0.29) is 0 Å². The average molecular weight is 330 g/mol. The van der Waals surface area contributed by atoms with Crippen molar-refractivity contribution in [1.29, 1.82) is 0 Å². The molecule has 3 heterocycles. The van der Waals surface area contributed by atoms with Gasteiger partial charge in [0.25, 0.3) is 0 Å². The first-order valence-electron chi connectivity index (χ1n) is 10.9. The molecule has 3 spiro atoms. The summed E-state index contributed by atoms with van der Waals surface area (Å²) in [7, 11) is 0. The van der Waals surface area contributed by atoms with Crippen molar-refractivity contribution in [3.8, 4) is 0 Å². The Bertz CT molecular complexity index is 505. The van der Waals surface area contributed by atoms with Crippen LogP contribution in [-0.4, -0.2) is 42.8 Å². The van der Waals surface area contributed by atoms with E-state index in [0.29, 0.717) is 5.54 Å². The summed E-state index contributed by atoms with van der Waals surface area (Å²) >= 11 is 0. The van der Waals surface area contributed by atoms with Crippen LogP contribution in [0.1, 0.15) is 70.6 Å². The molecule has 0 aromatic rings. The molecular formula is C21H35N3. The topological polar surface area (TPSA) is 27.3 Å². The highest BCUT2D eigenvalue weighted by Gasteiger charge is 2.56. The van der Waals surface area contributed by atoms with Gasteiger partial charge < -0.3 is 5.32 Å². The molecule has 3 saturated heterocycles. The van der Waals surface area contributed by atoms with Crippen molar-refractivity contribution in [2.24, 2.45) is 22.7 Å². The van der Waals surface area contributed by atoms with Crippen LogP contribution in [0.5, 0.6) is 0 Å². The maximum Gasteiger partial charge on any atom is 0.0602 e. The Balaban J connectivity index is 1.02. The largest absolute Gasteiger partial charge is 0.316 e. The van der Waals surface area contributed by atoms with Crippen molar-refractivity contribution in [2.75, 3.05) is 26.2 Å². The van der Waals surface area contributed by atoms with Gasteiger partial charge in [-0.2, -0.15) is 0 Å². The van der Waals surface area contributed by atoms with E-state index >= 15 is 0 Å². The first-order chi connectivity index (χ1) is 11.7. The quantitative estimate of drug-likeness (QED) is 0.815. The van der Waals surface area contributed by atoms with Crippen LogP contribution in [0, 0.1) is 22.7 Å². The highest BCUT2D eigenvalue weighted by Crippen LogP contribution is 2.59. The zero-order chi connectivity index (χ0) is 15.8. The molecule has 2 unspecified atom stereocenters. The van der Waals surface area contributed by atoms with Crippen molar-refractivity contribution in [2.45, 2.75) is 82.3 Å². The van der Waals surface area contributed by atoms with E-state index < -0.39 is 0 Å². The molecule has 134 valence electrons. The van der Waals surface area contributed by atoms with Gasteiger partial charge in [0.05, 0.1) is 6.17 Å². The van der Waals surface area contributed by atoms with Crippen LogP contribution in [0.3, 0.4) is 0 Å². The van der Waals surface area contributed by atoms with Crippen LogP contribution in [0.2, 0.25) is 0 Å². The summed E-state index contributed by atoms with van der Waals surface area (Å²) in [5.74, 6) is 2.16. The summed E-state index contributed by atoms with van der Waals surface area (Å²) < 4.78 is 0. The molecule has 0 bridgehead atoms. The summed E-state index contributed by atoms with van der Waals surface area (Å²) in [5.41, 5.74) is 2.07. The zero-order valence-electron chi connectivity index (χ0n) is 15.3. The molecular weight excluding hydrogens is 294 g/mol. The Labute approximate surface area is 147 Å². The Kier molecular flexibility index (Phi) is 3.11. The van der Waals surface area contributed by atoms with Gasteiger partial charge in [-0.15, -0.1) is 0 Å². The van der Waals surface area contributed by atoms with Crippen LogP contribution in [0.4, 0.5) is 0 Å². The molecule has 24 heavy (non-hydrogen) atoms. The number of likely N-dealkylation sites (tertiary alicyclic amines) is 1. The first-order valence-corrected chi connectivity index (χ1v) is 10.9. The first kappa shape index (κ1) is 15.0. The molecule has 6 aliphatic rings.